The highest BCUT2D eigenvalue weighted by atomic mass is 35.5. The number of nitrogens with one attached hydrogen (secondary N) is 2. The maximum Gasteiger partial charge on any atom is 0.312 e. The minimum atomic E-state index is -0.357. The molecule has 3 aromatic rings. The zero-order valence-electron chi connectivity index (χ0n) is 11.4. The van der Waals surface area contributed by atoms with Crippen molar-refractivity contribution in [2.75, 3.05) is 11.9 Å². The van der Waals surface area contributed by atoms with Crippen molar-refractivity contribution < 1.29 is 9.53 Å². The summed E-state index contributed by atoms with van der Waals surface area (Å²) in [4.78, 5) is 26.9. The summed E-state index contributed by atoms with van der Waals surface area (Å²) >= 11 is 5.83. The van der Waals surface area contributed by atoms with Gasteiger partial charge >= 0.3 is 5.97 Å². The van der Waals surface area contributed by atoms with Gasteiger partial charge in [0.25, 0.3) is 0 Å². The Morgan fingerprint density at radius 2 is 2.23 bits per heavy atom. The van der Waals surface area contributed by atoms with Gasteiger partial charge in [-0.15, -0.1) is 0 Å². The molecule has 0 unspecified atom stereocenters. The Bertz CT molecular complexity index is 805. The molecule has 22 heavy (non-hydrogen) atoms. The van der Waals surface area contributed by atoms with Crippen LogP contribution in [0.5, 0.6) is 5.75 Å². The number of rotatable bonds is 5. The number of aromatic nitrogens is 4. The molecule has 0 spiro atoms. The Hall–Kier alpha value is -2.67. The highest BCUT2D eigenvalue weighted by Gasteiger charge is 2.08. The molecule has 2 aromatic heterocycles. The lowest BCUT2D eigenvalue weighted by molar-refractivity contribution is -0.134. The third kappa shape index (κ3) is 3.32. The molecule has 0 saturated carbocycles. The highest BCUT2D eigenvalue weighted by molar-refractivity contribution is 6.30. The Morgan fingerprint density at radius 1 is 1.32 bits per heavy atom. The maximum atomic E-state index is 11.8. The smallest absolute Gasteiger partial charge is 0.312 e. The van der Waals surface area contributed by atoms with E-state index in [4.69, 9.17) is 16.3 Å². The molecule has 2 heterocycles. The third-order valence-electron chi connectivity index (χ3n) is 2.87. The zero-order valence-corrected chi connectivity index (χ0v) is 12.2. The number of ether oxygens (including phenoxy) is 1. The molecule has 0 fully saturated rings. The molecule has 8 heteroatoms. The Labute approximate surface area is 130 Å². The molecule has 3 rings (SSSR count). The predicted octanol–water partition coefficient (Wildman–Crippen LogP) is 2.41. The lowest BCUT2D eigenvalue weighted by Gasteiger charge is -2.06. The van der Waals surface area contributed by atoms with E-state index < -0.39 is 0 Å². The van der Waals surface area contributed by atoms with Crippen molar-refractivity contribution in [1.29, 1.82) is 0 Å². The van der Waals surface area contributed by atoms with Crippen LogP contribution in [0, 0.1) is 0 Å². The van der Waals surface area contributed by atoms with Gasteiger partial charge in [0, 0.05) is 11.6 Å². The summed E-state index contributed by atoms with van der Waals surface area (Å²) in [6.45, 7) is 0.379. The van der Waals surface area contributed by atoms with Crippen LogP contribution in [0.4, 0.5) is 5.82 Å². The van der Waals surface area contributed by atoms with Crippen molar-refractivity contribution in [3.8, 4) is 5.75 Å². The topological polar surface area (TPSA) is 92.8 Å². The number of hydrogen-bond donors (Lipinski definition) is 2. The number of fused-ring (bicyclic) bond motifs is 1. The van der Waals surface area contributed by atoms with Crippen LogP contribution in [0.3, 0.4) is 0 Å². The number of H-pyrrole nitrogens is 1. The SMILES string of the molecule is O=C(CCNc1ncnc2nc[nH]c12)Oc1cccc(Cl)c1. The van der Waals surface area contributed by atoms with Crippen LogP contribution in [0.25, 0.3) is 11.2 Å². The van der Waals surface area contributed by atoms with Crippen LogP contribution < -0.4 is 10.1 Å². The van der Waals surface area contributed by atoms with Crippen LogP contribution in [0.2, 0.25) is 5.02 Å². The van der Waals surface area contributed by atoms with E-state index in [1.165, 1.54) is 12.7 Å². The van der Waals surface area contributed by atoms with Crippen molar-refractivity contribution in [1.82, 2.24) is 19.9 Å². The number of carbonyl (C=O) groups excluding carboxylic acids is 1. The summed E-state index contributed by atoms with van der Waals surface area (Å²) in [5.74, 6) is 0.665. The van der Waals surface area contributed by atoms with Gasteiger partial charge in [-0.25, -0.2) is 15.0 Å². The molecule has 0 radical (unpaired) electrons. The number of esters is 1. The first-order valence-corrected chi connectivity index (χ1v) is 6.94. The first-order valence-electron chi connectivity index (χ1n) is 6.56. The lowest BCUT2D eigenvalue weighted by Crippen LogP contribution is -2.14. The fourth-order valence-electron chi connectivity index (χ4n) is 1.90. The molecule has 0 saturated heterocycles. The predicted molar refractivity (Wildman–Crippen MR) is 81.9 cm³/mol. The molecule has 1 aromatic carbocycles. The molecule has 0 atom stereocenters. The van der Waals surface area contributed by atoms with Gasteiger partial charge in [-0.3, -0.25) is 4.79 Å². The lowest BCUT2D eigenvalue weighted by atomic mass is 10.3. The second-order valence-electron chi connectivity index (χ2n) is 4.43. The fourth-order valence-corrected chi connectivity index (χ4v) is 2.08. The molecule has 0 aliphatic heterocycles. The highest BCUT2D eigenvalue weighted by Crippen LogP contribution is 2.18. The maximum absolute atomic E-state index is 11.8. The van der Waals surface area contributed by atoms with Crippen LogP contribution >= 0.6 is 11.6 Å². The van der Waals surface area contributed by atoms with E-state index in [1.807, 2.05) is 0 Å². The number of imidazole rings is 1. The standard InChI is InChI=1S/C14H12ClN5O2/c15-9-2-1-3-10(6-9)22-11(21)4-5-16-13-12-14(18-7-17-12)20-8-19-13/h1-3,6-8H,4-5H2,(H2,16,17,18,19,20). The van der Waals surface area contributed by atoms with E-state index in [0.717, 1.165) is 0 Å². The molecule has 0 aliphatic rings. The molecular weight excluding hydrogens is 306 g/mol. The van der Waals surface area contributed by atoms with Crippen LogP contribution in [-0.2, 0) is 4.79 Å². The van der Waals surface area contributed by atoms with Gasteiger partial charge in [-0.05, 0) is 18.2 Å². The summed E-state index contributed by atoms with van der Waals surface area (Å²) in [6, 6.07) is 6.70. The number of nitrogens with zero attached hydrogens (tertiary/aromatic N) is 3. The van der Waals surface area contributed by atoms with Gasteiger partial charge < -0.3 is 15.0 Å². The van der Waals surface area contributed by atoms with E-state index >= 15 is 0 Å². The van der Waals surface area contributed by atoms with Gasteiger partial charge in [-0.1, -0.05) is 17.7 Å². The van der Waals surface area contributed by atoms with E-state index in [0.29, 0.717) is 34.3 Å². The average molecular weight is 318 g/mol. The van der Waals surface area contributed by atoms with Crippen molar-refractivity contribution >= 4 is 34.6 Å². The summed E-state index contributed by atoms with van der Waals surface area (Å²) in [6.07, 6.45) is 3.14. The minimum Gasteiger partial charge on any atom is -0.426 e. The molecule has 0 bridgehead atoms. The van der Waals surface area contributed by atoms with Crippen LogP contribution in [0.15, 0.2) is 36.9 Å². The zero-order chi connectivity index (χ0) is 15.4. The van der Waals surface area contributed by atoms with E-state index in [9.17, 15) is 4.79 Å². The molecule has 2 N–H and O–H groups in total. The first-order chi connectivity index (χ1) is 10.7. The van der Waals surface area contributed by atoms with Crippen molar-refractivity contribution in [3.63, 3.8) is 0 Å². The summed E-state index contributed by atoms with van der Waals surface area (Å²) in [5.41, 5.74) is 1.27. The Kier molecular flexibility index (Phi) is 4.15. The van der Waals surface area contributed by atoms with Crippen molar-refractivity contribution in [2.45, 2.75) is 6.42 Å². The number of anilines is 1. The van der Waals surface area contributed by atoms with Crippen molar-refractivity contribution in [3.05, 3.63) is 41.9 Å². The molecule has 0 amide bonds. The molecule has 112 valence electrons. The first kappa shape index (κ1) is 14.3. The Balaban J connectivity index is 1.54. The second-order valence-corrected chi connectivity index (χ2v) is 4.87. The van der Waals surface area contributed by atoms with E-state index in [1.54, 1.807) is 24.3 Å². The summed E-state index contributed by atoms with van der Waals surface area (Å²) in [7, 11) is 0. The van der Waals surface area contributed by atoms with Gasteiger partial charge in [-0.2, -0.15) is 0 Å². The monoisotopic (exact) mass is 317 g/mol. The average Bonchev–Trinajstić information content (AvgIpc) is 2.96. The number of aromatic amines is 1. The minimum absolute atomic E-state index is 0.187. The normalized spacial score (nSPS) is 10.6. The Morgan fingerprint density at radius 3 is 3.09 bits per heavy atom. The van der Waals surface area contributed by atoms with E-state index in [2.05, 4.69) is 25.3 Å². The molecule has 7 nitrogen and oxygen atoms in total. The van der Waals surface area contributed by atoms with Crippen LogP contribution in [0.1, 0.15) is 6.42 Å². The quantitative estimate of drug-likeness (QED) is 0.554. The van der Waals surface area contributed by atoms with Gasteiger partial charge in [0.05, 0.1) is 12.7 Å². The number of carbonyl (C=O) groups is 1. The summed E-state index contributed by atoms with van der Waals surface area (Å²) in [5, 5.41) is 3.57. The van der Waals surface area contributed by atoms with Crippen molar-refractivity contribution in [2.24, 2.45) is 0 Å². The van der Waals surface area contributed by atoms with Gasteiger partial charge in [0.15, 0.2) is 11.5 Å². The summed E-state index contributed by atoms with van der Waals surface area (Å²) < 4.78 is 5.19. The molecule has 0 aliphatic carbocycles. The van der Waals surface area contributed by atoms with Gasteiger partial charge in [0.1, 0.15) is 17.6 Å². The van der Waals surface area contributed by atoms with Crippen LogP contribution in [-0.4, -0.2) is 32.4 Å². The van der Waals surface area contributed by atoms with Gasteiger partial charge in [0.2, 0.25) is 0 Å². The number of hydrogen-bond acceptors (Lipinski definition) is 6. The fraction of sp³-hybridized carbons (Fsp3) is 0.143. The largest absolute Gasteiger partial charge is 0.426 e. The van der Waals surface area contributed by atoms with E-state index in [-0.39, 0.29) is 12.4 Å². The third-order valence-corrected chi connectivity index (χ3v) is 3.11. The number of benzene rings is 1. The number of halogens is 1. The molecular formula is C14H12ClN5O2. The second kappa shape index (κ2) is 6.40.